The van der Waals surface area contributed by atoms with Gasteiger partial charge in [-0.2, -0.15) is 4.98 Å². The van der Waals surface area contributed by atoms with Gasteiger partial charge in [-0.3, -0.25) is 14.2 Å². The number of aromatic hydroxyl groups is 1. The maximum absolute atomic E-state index is 15.2. The third-order valence-electron chi connectivity index (χ3n) is 6.71. The number of hydrogen-bond acceptors (Lipinski definition) is 6. The van der Waals surface area contributed by atoms with Gasteiger partial charge in [-0.05, 0) is 42.7 Å². The van der Waals surface area contributed by atoms with E-state index in [0.717, 1.165) is 11.3 Å². The highest BCUT2D eigenvalue weighted by Gasteiger charge is 2.26. The molecule has 7 nitrogen and oxygen atoms in total. The van der Waals surface area contributed by atoms with E-state index in [-0.39, 0.29) is 46.4 Å². The van der Waals surface area contributed by atoms with E-state index in [1.165, 1.54) is 28.0 Å². The molecule has 0 aliphatic rings. The number of aryl methyl sites for hydroxylation is 2. The van der Waals surface area contributed by atoms with Crippen molar-refractivity contribution in [1.29, 1.82) is 0 Å². The molecule has 0 amide bonds. The van der Waals surface area contributed by atoms with Crippen LogP contribution in [0, 0.1) is 12.7 Å². The second kappa shape index (κ2) is 10.8. The van der Waals surface area contributed by atoms with Crippen LogP contribution in [-0.2, 0) is 13.5 Å². The first-order valence-electron chi connectivity index (χ1n) is 12.5. The lowest BCUT2D eigenvalue weighted by Crippen LogP contribution is -2.24. The monoisotopic (exact) mass is 542 g/mol. The van der Waals surface area contributed by atoms with Gasteiger partial charge in [0.2, 0.25) is 5.88 Å². The summed E-state index contributed by atoms with van der Waals surface area (Å²) in [4.78, 5) is 34.6. The Balaban J connectivity index is 1.62. The fourth-order valence-electron chi connectivity index (χ4n) is 4.75. The first kappa shape index (κ1) is 26.2. The second-order valence-electron chi connectivity index (χ2n) is 9.37. The molecular weight excluding hydrogens is 515 g/mol. The van der Waals surface area contributed by atoms with Crippen LogP contribution in [-0.4, -0.2) is 24.2 Å². The molecule has 198 valence electrons. The van der Waals surface area contributed by atoms with Crippen LogP contribution >= 0.6 is 11.3 Å². The molecule has 5 rings (SSSR count). The Bertz CT molecular complexity index is 1780. The maximum atomic E-state index is 15.2. The van der Waals surface area contributed by atoms with Crippen LogP contribution < -0.4 is 11.1 Å². The van der Waals surface area contributed by atoms with Gasteiger partial charge in [0.05, 0.1) is 17.2 Å². The van der Waals surface area contributed by atoms with Gasteiger partial charge < -0.3 is 9.67 Å². The molecule has 5 aromatic rings. The van der Waals surface area contributed by atoms with Crippen molar-refractivity contribution in [2.45, 2.75) is 32.7 Å². The van der Waals surface area contributed by atoms with Crippen molar-refractivity contribution in [3.8, 4) is 27.8 Å². The zero-order chi connectivity index (χ0) is 27.7. The van der Waals surface area contributed by atoms with Crippen LogP contribution in [0.15, 0.2) is 81.8 Å². The van der Waals surface area contributed by atoms with E-state index in [9.17, 15) is 14.7 Å². The third-order valence-corrected chi connectivity index (χ3v) is 7.67. The Morgan fingerprint density at radius 1 is 1.03 bits per heavy atom. The molecule has 39 heavy (non-hydrogen) atoms. The molecule has 0 aliphatic heterocycles. The minimum atomic E-state index is -0.601. The number of thiazole rings is 1. The molecule has 0 saturated heterocycles. The van der Waals surface area contributed by atoms with Gasteiger partial charge in [-0.1, -0.05) is 49.4 Å². The summed E-state index contributed by atoms with van der Waals surface area (Å²) in [5.74, 6) is -0.527. The Kier molecular flexibility index (Phi) is 7.26. The lowest BCUT2D eigenvalue weighted by Gasteiger charge is -2.24. The van der Waals surface area contributed by atoms with Gasteiger partial charge >= 0.3 is 0 Å². The average Bonchev–Trinajstić information content (AvgIpc) is 3.36. The Morgan fingerprint density at radius 3 is 2.46 bits per heavy atom. The lowest BCUT2D eigenvalue weighted by molar-refractivity contribution is 0.382. The van der Waals surface area contributed by atoms with E-state index in [1.807, 2.05) is 49.6 Å². The summed E-state index contributed by atoms with van der Waals surface area (Å²) in [5, 5.41) is 14.0. The maximum Gasteiger partial charge on any atom is 0.280 e. The number of halogens is 1. The van der Waals surface area contributed by atoms with Crippen molar-refractivity contribution in [2.75, 3.05) is 0 Å². The van der Waals surface area contributed by atoms with Gasteiger partial charge in [0.15, 0.2) is 10.8 Å². The molecule has 2 aromatic carbocycles. The first-order chi connectivity index (χ1) is 18.8. The molecule has 0 bridgehead atoms. The van der Waals surface area contributed by atoms with Gasteiger partial charge in [-0.15, -0.1) is 11.3 Å². The van der Waals surface area contributed by atoms with Gasteiger partial charge in [0.25, 0.3) is 11.1 Å². The SMILES string of the molecule is CCC(c1ccccc1)n1c(-c2nc(C)cs2)nc(=O)c(Cc2ccc(-c3cccn(C)c3=O)c(F)c2)c1O. The lowest BCUT2D eigenvalue weighted by atomic mass is 10.00. The number of aromatic nitrogens is 4. The Labute approximate surface area is 228 Å². The van der Waals surface area contributed by atoms with Crippen molar-refractivity contribution < 1.29 is 9.50 Å². The molecule has 0 fully saturated rings. The highest BCUT2D eigenvalue weighted by atomic mass is 32.1. The number of nitrogens with zero attached hydrogens (tertiary/aromatic N) is 4. The van der Waals surface area contributed by atoms with Gasteiger partial charge in [0.1, 0.15) is 5.82 Å². The smallest absolute Gasteiger partial charge is 0.280 e. The summed E-state index contributed by atoms with van der Waals surface area (Å²) in [7, 11) is 1.61. The number of hydrogen-bond donors (Lipinski definition) is 1. The molecule has 0 saturated carbocycles. The molecule has 0 aliphatic carbocycles. The molecule has 1 N–H and O–H groups in total. The minimum absolute atomic E-state index is 0.0376. The third kappa shape index (κ3) is 5.05. The van der Waals surface area contributed by atoms with Crippen LogP contribution in [0.4, 0.5) is 4.39 Å². The summed E-state index contributed by atoms with van der Waals surface area (Å²) in [6.07, 6.45) is 2.19. The molecule has 1 unspecified atom stereocenters. The fraction of sp³-hybridized carbons (Fsp3) is 0.200. The van der Waals surface area contributed by atoms with Crippen LogP contribution in [0.25, 0.3) is 22.0 Å². The average molecular weight is 543 g/mol. The number of benzene rings is 2. The predicted molar refractivity (Wildman–Crippen MR) is 151 cm³/mol. The summed E-state index contributed by atoms with van der Waals surface area (Å²) < 4.78 is 18.2. The first-order valence-corrected chi connectivity index (χ1v) is 13.4. The zero-order valence-corrected chi connectivity index (χ0v) is 22.6. The van der Waals surface area contributed by atoms with E-state index in [0.29, 0.717) is 17.0 Å². The van der Waals surface area contributed by atoms with Crippen LogP contribution in [0.3, 0.4) is 0 Å². The molecule has 0 spiro atoms. The normalized spacial score (nSPS) is 12.0. The Hall–Kier alpha value is -4.37. The van der Waals surface area contributed by atoms with Gasteiger partial charge in [0, 0.05) is 36.3 Å². The van der Waals surface area contributed by atoms with Crippen molar-refractivity contribution in [1.82, 2.24) is 19.1 Å². The van der Waals surface area contributed by atoms with Gasteiger partial charge in [-0.25, -0.2) is 9.37 Å². The molecule has 9 heteroatoms. The summed E-state index contributed by atoms with van der Waals surface area (Å²) >= 11 is 1.35. The second-order valence-corrected chi connectivity index (χ2v) is 10.2. The van der Waals surface area contributed by atoms with E-state index < -0.39 is 11.4 Å². The molecule has 3 heterocycles. The minimum Gasteiger partial charge on any atom is -0.494 e. The van der Waals surface area contributed by atoms with Crippen molar-refractivity contribution >= 4 is 11.3 Å². The molecule has 1 atom stereocenters. The molecule has 0 radical (unpaired) electrons. The highest BCUT2D eigenvalue weighted by molar-refractivity contribution is 7.13. The summed E-state index contributed by atoms with van der Waals surface area (Å²) in [6, 6.07) is 17.1. The topological polar surface area (TPSA) is 90.0 Å². The van der Waals surface area contributed by atoms with E-state index >= 15 is 4.39 Å². The molecule has 3 aromatic heterocycles. The van der Waals surface area contributed by atoms with E-state index in [2.05, 4.69) is 9.97 Å². The van der Waals surface area contributed by atoms with E-state index in [1.54, 1.807) is 36.0 Å². The Morgan fingerprint density at radius 2 is 1.79 bits per heavy atom. The van der Waals surface area contributed by atoms with Crippen molar-refractivity contribution in [3.05, 3.63) is 121 Å². The predicted octanol–water partition coefficient (Wildman–Crippen LogP) is 5.48. The standard InChI is InChI=1S/C30H27FN4O3S/c1-4-25(20-9-6-5-7-10-20)35-26(28-32-18(2)17-39-28)33-27(36)23(30(35)38)15-19-12-13-21(24(31)16-19)22-11-8-14-34(3)29(22)37/h5-14,16-17,25,38H,4,15H2,1-3H3. The van der Waals surface area contributed by atoms with Crippen molar-refractivity contribution in [3.63, 3.8) is 0 Å². The summed E-state index contributed by atoms with van der Waals surface area (Å²) in [6.45, 7) is 3.85. The summed E-state index contributed by atoms with van der Waals surface area (Å²) in [5.41, 5.74) is 1.76. The van der Waals surface area contributed by atoms with Crippen LogP contribution in [0.1, 0.15) is 41.8 Å². The molecular formula is C30H27FN4O3S. The van der Waals surface area contributed by atoms with Crippen LogP contribution in [0.5, 0.6) is 5.88 Å². The fourth-order valence-corrected chi connectivity index (χ4v) is 5.53. The quantitative estimate of drug-likeness (QED) is 0.294. The number of pyridine rings is 1. The van der Waals surface area contributed by atoms with E-state index in [4.69, 9.17) is 0 Å². The van der Waals surface area contributed by atoms with Crippen molar-refractivity contribution in [2.24, 2.45) is 7.05 Å². The number of rotatable bonds is 7. The van der Waals surface area contributed by atoms with Crippen LogP contribution in [0.2, 0.25) is 0 Å². The zero-order valence-electron chi connectivity index (χ0n) is 21.8. The largest absolute Gasteiger partial charge is 0.494 e. The highest BCUT2D eigenvalue weighted by Crippen LogP contribution is 2.34.